The number of hydrogen-bond donors (Lipinski definition) is 1. The number of benzene rings is 2. The quantitative estimate of drug-likeness (QED) is 0.465. The fourth-order valence-electron chi connectivity index (χ4n) is 2.65. The monoisotopic (exact) mass is 449 g/mol. The molecule has 0 aromatic heterocycles. The Kier molecular flexibility index (Phi) is 7.22. The molecular formula is C20H23N3O5S2. The molecule has 1 heterocycles. The van der Waals surface area contributed by atoms with Gasteiger partial charge in [0.05, 0.1) is 25.3 Å². The van der Waals surface area contributed by atoms with Gasteiger partial charge in [-0.15, -0.1) is 0 Å². The highest BCUT2D eigenvalue weighted by Crippen LogP contribution is 2.24. The van der Waals surface area contributed by atoms with Crippen LogP contribution in [0.3, 0.4) is 0 Å². The second-order valence-corrected chi connectivity index (χ2v) is 9.60. The summed E-state index contributed by atoms with van der Waals surface area (Å²) in [5, 5.41) is 3.93. The molecule has 10 heteroatoms. The van der Waals surface area contributed by atoms with Crippen molar-refractivity contribution in [2.75, 3.05) is 35.7 Å². The first-order chi connectivity index (χ1) is 14.3. The van der Waals surface area contributed by atoms with E-state index >= 15 is 0 Å². The number of hydrogen-bond acceptors (Lipinski definition) is 7. The van der Waals surface area contributed by atoms with Crippen LogP contribution in [-0.2, 0) is 14.8 Å². The molecule has 0 atom stereocenters. The molecule has 2 aromatic rings. The second-order valence-electron chi connectivity index (χ2n) is 6.61. The second kappa shape index (κ2) is 9.86. The van der Waals surface area contributed by atoms with E-state index in [0.29, 0.717) is 11.4 Å². The van der Waals surface area contributed by atoms with Crippen LogP contribution in [0.4, 0.5) is 5.69 Å². The van der Waals surface area contributed by atoms with Crippen LogP contribution in [0.1, 0.15) is 5.56 Å². The number of sulfonamides is 1. The lowest BCUT2D eigenvalue weighted by Crippen LogP contribution is -2.39. The van der Waals surface area contributed by atoms with Gasteiger partial charge in [0.25, 0.3) is 5.91 Å². The molecule has 160 valence electrons. The van der Waals surface area contributed by atoms with E-state index < -0.39 is 22.5 Å². The highest BCUT2D eigenvalue weighted by Gasteiger charge is 2.21. The third kappa shape index (κ3) is 6.14. The SMILES string of the molecule is COc1cccc(N(CC(=O)N/N=C\c2cccc(OC3CSC3)c2)S(C)(=O)=O)c1. The summed E-state index contributed by atoms with van der Waals surface area (Å²) < 4.78 is 36.3. The highest BCUT2D eigenvalue weighted by atomic mass is 32.2. The van der Waals surface area contributed by atoms with Crippen LogP contribution in [0.15, 0.2) is 53.6 Å². The molecule has 0 aliphatic carbocycles. The van der Waals surface area contributed by atoms with E-state index in [-0.39, 0.29) is 6.10 Å². The lowest BCUT2D eigenvalue weighted by Gasteiger charge is -2.25. The van der Waals surface area contributed by atoms with Gasteiger partial charge in [-0.05, 0) is 29.8 Å². The van der Waals surface area contributed by atoms with E-state index in [0.717, 1.165) is 33.4 Å². The average molecular weight is 450 g/mol. The summed E-state index contributed by atoms with van der Waals surface area (Å²) in [5.41, 5.74) is 3.45. The van der Waals surface area contributed by atoms with E-state index in [9.17, 15) is 13.2 Å². The van der Waals surface area contributed by atoms with Crippen molar-refractivity contribution in [3.8, 4) is 11.5 Å². The molecule has 0 saturated carbocycles. The smallest absolute Gasteiger partial charge is 0.260 e. The molecule has 0 bridgehead atoms. The lowest BCUT2D eigenvalue weighted by atomic mass is 10.2. The molecular weight excluding hydrogens is 426 g/mol. The number of anilines is 1. The molecule has 1 aliphatic rings. The molecule has 0 unspecified atom stereocenters. The normalized spacial score (nSPS) is 14.2. The first kappa shape index (κ1) is 22.0. The van der Waals surface area contributed by atoms with Gasteiger partial charge in [0, 0.05) is 17.6 Å². The van der Waals surface area contributed by atoms with Crippen LogP contribution in [0.5, 0.6) is 11.5 Å². The maximum atomic E-state index is 12.3. The zero-order valence-corrected chi connectivity index (χ0v) is 18.3. The summed E-state index contributed by atoms with van der Waals surface area (Å²) in [4.78, 5) is 12.3. The molecule has 2 aromatic carbocycles. The lowest BCUT2D eigenvalue weighted by molar-refractivity contribution is -0.119. The van der Waals surface area contributed by atoms with Gasteiger partial charge in [-0.2, -0.15) is 16.9 Å². The Morgan fingerprint density at radius 3 is 2.63 bits per heavy atom. The first-order valence-corrected chi connectivity index (χ1v) is 12.1. The standard InChI is InChI=1S/C20H23N3O5S2/c1-27-17-7-4-6-16(10-17)23(30(2,25)26)12-20(24)22-21-11-15-5-3-8-18(9-15)28-19-13-29-14-19/h3-11,19H,12-14H2,1-2H3,(H,22,24)/b21-11-. The van der Waals surface area contributed by atoms with Gasteiger partial charge in [0.1, 0.15) is 24.1 Å². The summed E-state index contributed by atoms with van der Waals surface area (Å²) in [7, 11) is -2.20. The summed E-state index contributed by atoms with van der Waals surface area (Å²) in [6.45, 7) is -0.411. The number of hydrazone groups is 1. The van der Waals surface area contributed by atoms with Gasteiger partial charge in [-0.25, -0.2) is 13.8 Å². The first-order valence-electron chi connectivity index (χ1n) is 9.13. The van der Waals surface area contributed by atoms with Crippen molar-refractivity contribution >= 4 is 39.6 Å². The van der Waals surface area contributed by atoms with E-state index in [1.807, 2.05) is 36.0 Å². The molecule has 1 saturated heterocycles. The Hall–Kier alpha value is -2.72. The van der Waals surface area contributed by atoms with Crippen LogP contribution in [-0.4, -0.2) is 58.1 Å². The fraction of sp³-hybridized carbons (Fsp3) is 0.300. The van der Waals surface area contributed by atoms with E-state index in [1.54, 1.807) is 24.3 Å². The van der Waals surface area contributed by atoms with Crippen LogP contribution in [0, 0.1) is 0 Å². The molecule has 8 nitrogen and oxygen atoms in total. The fourth-order valence-corrected chi connectivity index (χ4v) is 4.07. The third-order valence-electron chi connectivity index (χ3n) is 4.20. The van der Waals surface area contributed by atoms with E-state index in [4.69, 9.17) is 9.47 Å². The van der Waals surface area contributed by atoms with Crippen molar-refractivity contribution < 1.29 is 22.7 Å². The molecule has 0 radical (unpaired) electrons. The minimum atomic E-state index is -3.68. The zero-order chi connectivity index (χ0) is 21.6. The number of carbonyl (C=O) groups is 1. The molecule has 1 amide bonds. The van der Waals surface area contributed by atoms with Crippen LogP contribution < -0.4 is 19.2 Å². The van der Waals surface area contributed by atoms with Crippen molar-refractivity contribution in [2.45, 2.75) is 6.10 Å². The Morgan fingerprint density at radius 2 is 1.97 bits per heavy atom. The minimum Gasteiger partial charge on any atom is -0.497 e. The third-order valence-corrected chi connectivity index (χ3v) is 6.56. The maximum Gasteiger partial charge on any atom is 0.260 e. The van der Waals surface area contributed by atoms with Crippen LogP contribution >= 0.6 is 11.8 Å². The van der Waals surface area contributed by atoms with Crippen molar-refractivity contribution in [3.63, 3.8) is 0 Å². The Balaban J connectivity index is 1.62. The minimum absolute atomic E-state index is 0.237. The van der Waals surface area contributed by atoms with Gasteiger partial charge in [0.2, 0.25) is 10.0 Å². The van der Waals surface area contributed by atoms with Gasteiger partial charge in [-0.1, -0.05) is 18.2 Å². The topological polar surface area (TPSA) is 97.3 Å². The number of nitrogens with zero attached hydrogens (tertiary/aromatic N) is 2. The van der Waals surface area contributed by atoms with Gasteiger partial charge in [0.15, 0.2) is 0 Å². The average Bonchev–Trinajstić information content (AvgIpc) is 2.68. The van der Waals surface area contributed by atoms with Crippen molar-refractivity contribution in [3.05, 3.63) is 54.1 Å². The maximum absolute atomic E-state index is 12.3. The largest absolute Gasteiger partial charge is 0.497 e. The molecule has 1 aliphatic heterocycles. The number of nitrogens with one attached hydrogen (secondary N) is 1. The summed E-state index contributed by atoms with van der Waals surface area (Å²) in [5.74, 6) is 2.63. The number of thioether (sulfide) groups is 1. The number of rotatable bonds is 9. The number of ether oxygens (including phenoxy) is 2. The highest BCUT2D eigenvalue weighted by molar-refractivity contribution is 8.00. The summed E-state index contributed by atoms with van der Waals surface area (Å²) in [6, 6.07) is 13.9. The molecule has 1 N–H and O–H groups in total. The predicted octanol–water partition coefficient (Wildman–Crippen LogP) is 2.11. The van der Waals surface area contributed by atoms with Crippen LogP contribution in [0.25, 0.3) is 0 Å². The zero-order valence-electron chi connectivity index (χ0n) is 16.6. The van der Waals surface area contributed by atoms with Gasteiger partial charge in [-0.3, -0.25) is 9.10 Å². The summed E-state index contributed by atoms with van der Waals surface area (Å²) >= 11 is 1.84. The van der Waals surface area contributed by atoms with Crippen molar-refractivity contribution in [2.24, 2.45) is 5.10 Å². The van der Waals surface area contributed by atoms with Crippen molar-refractivity contribution in [1.29, 1.82) is 0 Å². The Labute approximate surface area is 180 Å². The Bertz CT molecular complexity index is 1020. The number of amides is 1. The van der Waals surface area contributed by atoms with Crippen molar-refractivity contribution in [1.82, 2.24) is 5.43 Å². The van der Waals surface area contributed by atoms with Gasteiger partial charge < -0.3 is 9.47 Å². The van der Waals surface area contributed by atoms with Gasteiger partial charge >= 0.3 is 0 Å². The molecule has 0 spiro atoms. The number of methoxy groups -OCH3 is 1. The predicted molar refractivity (Wildman–Crippen MR) is 119 cm³/mol. The molecule has 30 heavy (non-hydrogen) atoms. The number of carbonyl (C=O) groups excluding carboxylic acids is 1. The molecule has 1 fully saturated rings. The molecule has 3 rings (SSSR count). The van der Waals surface area contributed by atoms with Crippen LogP contribution in [0.2, 0.25) is 0 Å². The van der Waals surface area contributed by atoms with E-state index in [1.165, 1.54) is 13.3 Å². The Morgan fingerprint density at radius 1 is 1.23 bits per heavy atom. The summed E-state index contributed by atoms with van der Waals surface area (Å²) in [6.07, 6.45) is 2.76. The van der Waals surface area contributed by atoms with E-state index in [2.05, 4.69) is 10.5 Å².